The maximum atomic E-state index is 14.4. The molecular formula is C22H41B2F15OP-. The van der Waals surface area contributed by atoms with Gasteiger partial charge in [0.25, 0.3) is 5.57 Å². The van der Waals surface area contributed by atoms with E-state index < -0.39 is 39.7 Å². The van der Waals surface area contributed by atoms with Crippen molar-refractivity contribution in [2.75, 3.05) is 25.6 Å². The summed E-state index contributed by atoms with van der Waals surface area (Å²) in [5.41, 5.74) is -0.363. The number of hydrogen-bond acceptors (Lipinski definition) is 1. The van der Waals surface area contributed by atoms with E-state index in [1.165, 1.54) is 6.92 Å². The van der Waals surface area contributed by atoms with E-state index in [-0.39, 0.29) is 18.2 Å². The van der Waals surface area contributed by atoms with Crippen LogP contribution in [0, 0.1) is 0 Å². The van der Waals surface area contributed by atoms with Gasteiger partial charge in [0.1, 0.15) is 12.7 Å². The van der Waals surface area contributed by atoms with Gasteiger partial charge < -0.3 is 39.3 Å². The summed E-state index contributed by atoms with van der Waals surface area (Å²) >= 11 is 0. The van der Waals surface area contributed by atoms with Crippen molar-refractivity contribution in [1.82, 2.24) is 0 Å². The third-order valence-corrected chi connectivity index (χ3v) is 8.55. The van der Waals surface area contributed by atoms with E-state index in [0.717, 1.165) is 64.1 Å². The highest BCUT2D eigenvalue weighted by Gasteiger charge is 2.43. The largest absolute Gasteiger partial charge is 0.673 e. The van der Waals surface area contributed by atoms with Crippen molar-refractivity contribution in [2.45, 2.75) is 80.1 Å². The van der Waals surface area contributed by atoms with Gasteiger partial charge in [-0.05, 0) is 26.2 Å². The Kier molecular flexibility index (Phi) is 42.1. The third-order valence-electron chi connectivity index (χ3n) is 3.90. The molecule has 19 heteroatoms. The molecule has 0 unspecified atom stereocenters. The first-order valence-corrected chi connectivity index (χ1v) is 14.7. The second-order valence-electron chi connectivity index (χ2n) is 7.18. The van der Waals surface area contributed by atoms with Gasteiger partial charge in [0.2, 0.25) is 0 Å². The summed E-state index contributed by atoms with van der Waals surface area (Å²) in [5, 5.41) is 0. The first-order valence-electron chi connectivity index (χ1n) is 12.4. The van der Waals surface area contributed by atoms with E-state index in [4.69, 9.17) is 0 Å². The summed E-state index contributed by atoms with van der Waals surface area (Å²) in [5.74, 6) is -0.563. The van der Waals surface area contributed by atoms with Crippen LogP contribution < -0.4 is 0 Å². The Bertz CT molecular complexity index is 598. The molecule has 0 rings (SSSR count). The summed E-state index contributed by atoms with van der Waals surface area (Å²) in [7, 11) is -13.0. The smallest absolute Gasteiger partial charge is 0.470 e. The molecule has 0 saturated heterocycles. The predicted molar refractivity (Wildman–Crippen MR) is 142 cm³/mol. The van der Waals surface area contributed by atoms with Gasteiger partial charge in [0.05, 0.1) is 32.9 Å². The first kappa shape index (κ1) is 52.2. The Morgan fingerprint density at radius 2 is 0.878 bits per heavy atom. The standard InChI is InChI=1S/C15H30F2P.C3H3F3O.C2H2F2.C2H6.2BF4/c1-5-8-11-18(12-9-6-2,13-10-7-3)15(17)14(4)16;1-7-3(6)2(4)5;3-1-2-4;1-2;2*2-1(3,4)5/h5-13H2,1-4H3;1H3;1-2H;1-2H3;;/q+1;;;;2*-1/b15-14-;;2-1+;;;. The lowest BCUT2D eigenvalue weighted by Gasteiger charge is -2.25. The van der Waals surface area contributed by atoms with Crippen molar-refractivity contribution in [2.24, 2.45) is 0 Å². The molecule has 0 radical (unpaired) electrons. The zero-order valence-corrected chi connectivity index (χ0v) is 25.1. The number of allylic oxidation sites excluding steroid dienone is 1. The molecule has 0 atom stereocenters. The van der Waals surface area contributed by atoms with E-state index in [0.29, 0.717) is 0 Å². The van der Waals surface area contributed by atoms with Gasteiger partial charge in [-0.3, -0.25) is 0 Å². The maximum Gasteiger partial charge on any atom is 0.673 e. The molecule has 0 heterocycles. The normalized spacial score (nSPS) is 11.4. The van der Waals surface area contributed by atoms with Crippen LogP contribution in [0.5, 0.6) is 0 Å². The molecule has 0 N–H and O–H groups in total. The van der Waals surface area contributed by atoms with Crippen molar-refractivity contribution < 1.29 is 70.0 Å². The van der Waals surface area contributed by atoms with Crippen molar-refractivity contribution >= 4 is 21.8 Å². The molecule has 252 valence electrons. The summed E-state index contributed by atoms with van der Waals surface area (Å²) in [4.78, 5) is 0. The Morgan fingerprint density at radius 3 is 0.976 bits per heavy atom. The Morgan fingerprint density at radius 1 is 0.634 bits per heavy atom. The molecule has 0 fully saturated rings. The molecule has 0 aliphatic heterocycles. The minimum absolute atomic E-state index is 0.167. The van der Waals surface area contributed by atoms with Crippen LogP contribution in [0.1, 0.15) is 80.1 Å². The number of unbranched alkanes of at least 4 members (excludes halogenated alkanes) is 3. The van der Waals surface area contributed by atoms with Crippen molar-refractivity contribution in [3.05, 3.63) is 36.1 Å². The van der Waals surface area contributed by atoms with Crippen LogP contribution in [0.4, 0.5) is 65.3 Å². The molecule has 0 saturated carbocycles. The fourth-order valence-electron chi connectivity index (χ4n) is 2.42. The third kappa shape index (κ3) is 55.2. The lowest BCUT2D eigenvalue weighted by Crippen LogP contribution is -2.10. The lowest BCUT2D eigenvalue weighted by molar-refractivity contribution is 0.166. The zero-order chi connectivity index (χ0) is 34.3. The van der Waals surface area contributed by atoms with Crippen LogP contribution in [0.3, 0.4) is 0 Å². The fourth-order valence-corrected chi connectivity index (χ4v) is 7.09. The van der Waals surface area contributed by atoms with Crippen LogP contribution >= 0.6 is 7.26 Å². The van der Waals surface area contributed by atoms with Crippen LogP contribution in [-0.4, -0.2) is 40.1 Å². The fraction of sp³-hybridized carbons (Fsp3) is 0.727. The highest BCUT2D eigenvalue weighted by atomic mass is 31.2. The average Bonchev–Trinajstić information content (AvgIpc) is 2.87. The monoisotopic (exact) mass is 659 g/mol. The van der Waals surface area contributed by atoms with E-state index in [1.807, 2.05) is 13.8 Å². The number of halogens is 15. The number of rotatable bonds is 11. The first-order chi connectivity index (χ1) is 18.6. The second kappa shape index (κ2) is 33.0. The maximum absolute atomic E-state index is 14.4. The topological polar surface area (TPSA) is 9.23 Å². The van der Waals surface area contributed by atoms with E-state index >= 15 is 0 Å². The van der Waals surface area contributed by atoms with Crippen molar-refractivity contribution in [3.63, 3.8) is 0 Å². The number of methoxy groups -OCH3 is 1. The molecule has 0 aromatic heterocycles. The Hall–Kier alpha value is -1.47. The second-order valence-corrected chi connectivity index (χ2v) is 11.2. The number of hydrogen-bond donors (Lipinski definition) is 0. The van der Waals surface area contributed by atoms with Crippen LogP contribution in [0.15, 0.2) is 36.1 Å². The summed E-state index contributed by atoms with van der Waals surface area (Å²) in [6.45, 7) is 11.7. The average molecular weight is 659 g/mol. The van der Waals surface area contributed by atoms with Crippen molar-refractivity contribution in [3.8, 4) is 0 Å². The highest BCUT2D eigenvalue weighted by molar-refractivity contribution is 7.79. The molecular weight excluding hydrogens is 618 g/mol. The molecule has 41 heavy (non-hydrogen) atoms. The quantitative estimate of drug-likeness (QED) is 0.0929. The molecule has 0 aliphatic rings. The Labute approximate surface area is 234 Å². The van der Waals surface area contributed by atoms with E-state index in [2.05, 4.69) is 25.5 Å². The minimum atomic E-state index is -6.00. The summed E-state index contributed by atoms with van der Waals surface area (Å²) in [6, 6.07) is -1.82. The molecule has 0 spiro atoms. The lowest BCUT2D eigenvalue weighted by atomic mass is 10.3. The molecule has 1 nitrogen and oxygen atoms in total. The molecule has 0 amide bonds. The van der Waals surface area contributed by atoms with Crippen LogP contribution in [0.25, 0.3) is 0 Å². The van der Waals surface area contributed by atoms with E-state index in [1.54, 1.807) is 0 Å². The minimum Gasteiger partial charge on any atom is -0.470 e. The van der Waals surface area contributed by atoms with Gasteiger partial charge >= 0.3 is 26.6 Å². The molecule has 0 aromatic carbocycles. The zero-order valence-electron chi connectivity index (χ0n) is 24.2. The highest BCUT2D eigenvalue weighted by Crippen LogP contribution is 2.68. The number of ether oxygens (including phenoxy) is 1. The molecule has 0 bridgehead atoms. The predicted octanol–water partition coefficient (Wildman–Crippen LogP) is 13.2. The van der Waals surface area contributed by atoms with Gasteiger partial charge in [-0.15, -0.1) is 0 Å². The van der Waals surface area contributed by atoms with Crippen LogP contribution in [-0.2, 0) is 4.74 Å². The van der Waals surface area contributed by atoms with E-state index in [9.17, 15) is 65.3 Å². The van der Waals surface area contributed by atoms with Gasteiger partial charge in [-0.1, -0.05) is 53.9 Å². The van der Waals surface area contributed by atoms with Gasteiger partial charge in [-0.25, -0.2) is 13.2 Å². The molecule has 0 aliphatic carbocycles. The van der Waals surface area contributed by atoms with Crippen molar-refractivity contribution in [1.29, 1.82) is 0 Å². The molecule has 0 aromatic rings. The summed E-state index contributed by atoms with van der Waals surface area (Å²) in [6.07, 6.45) is 6.23. The van der Waals surface area contributed by atoms with Gasteiger partial charge in [0, 0.05) is 0 Å². The van der Waals surface area contributed by atoms with Gasteiger partial charge in [0.15, 0.2) is 5.83 Å². The SMILES string of the molecule is CC.CCCC[P+](CCCC)(CCCC)/C(F)=C(/C)F.COC(F)=C(F)F.F/C=C/F.F[B-](F)(F)F.F[B-](F)(F)F. The Balaban J connectivity index is -0.000000109. The van der Waals surface area contributed by atoms with Gasteiger partial charge in [-0.2, -0.15) is 17.6 Å². The van der Waals surface area contributed by atoms with Crippen LogP contribution in [0.2, 0.25) is 0 Å². The summed E-state index contributed by atoms with van der Waals surface area (Å²) < 4.78 is 162.